The Kier molecular flexibility index (Phi) is 13.9. The molecule has 2 atom stereocenters. The Hall–Kier alpha value is 0.0169. The van der Waals surface area contributed by atoms with Crippen molar-refractivity contribution in [1.29, 1.82) is 0 Å². The molecule has 0 amide bonds. The minimum atomic E-state index is -2.56. The summed E-state index contributed by atoms with van der Waals surface area (Å²) >= 11 is 0. The topological polar surface area (TPSA) is 49.5 Å². The summed E-state index contributed by atoms with van der Waals surface area (Å²) in [5, 5.41) is 0. The van der Waals surface area contributed by atoms with Crippen molar-refractivity contribution >= 4 is 8.80 Å². The maximum atomic E-state index is 6.40. The van der Waals surface area contributed by atoms with Gasteiger partial charge in [0.15, 0.2) is 0 Å². The highest BCUT2D eigenvalue weighted by molar-refractivity contribution is 6.60. The van der Waals surface area contributed by atoms with Crippen LogP contribution in [0.25, 0.3) is 0 Å². The first-order valence-electron chi connectivity index (χ1n) is 10.8. The van der Waals surface area contributed by atoms with Crippen molar-refractivity contribution in [3.05, 3.63) is 0 Å². The van der Waals surface area contributed by atoms with Crippen LogP contribution in [0.4, 0.5) is 0 Å². The zero-order valence-corrected chi connectivity index (χ0v) is 18.6. The van der Waals surface area contributed by atoms with E-state index in [9.17, 15) is 0 Å². The van der Waals surface area contributed by atoms with Gasteiger partial charge in [0.25, 0.3) is 0 Å². The highest BCUT2D eigenvalue weighted by atomic mass is 28.4. The molecule has 5 nitrogen and oxygen atoms in total. The van der Waals surface area contributed by atoms with Gasteiger partial charge in [-0.2, -0.15) is 0 Å². The van der Waals surface area contributed by atoms with E-state index in [2.05, 4.69) is 13.8 Å². The second kappa shape index (κ2) is 15.0. The van der Waals surface area contributed by atoms with Gasteiger partial charge in [0, 0.05) is 32.0 Å². The second-order valence-corrected chi connectivity index (χ2v) is 9.85. The van der Waals surface area contributed by atoms with Gasteiger partial charge in [-0.15, -0.1) is 0 Å². The third-order valence-electron chi connectivity index (χ3n) is 4.55. The van der Waals surface area contributed by atoms with Gasteiger partial charge >= 0.3 is 8.80 Å². The average Bonchev–Trinajstić information content (AvgIpc) is 3.42. The summed E-state index contributed by atoms with van der Waals surface area (Å²) in [5.74, 6) is 0. The number of hydrogen-bond donors (Lipinski definition) is 0. The van der Waals surface area contributed by atoms with Crippen LogP contribution in [-0.2, 0) is 22.8 Å². The van der Waals surface area contributed by atoms with E-state index in [1.165, 1.54) is 32.1 Å². The predicted molar refractivity (Wildman–Crippen MR) is 108 cm³/mol. The molecule has 0 N–H and O–H groups in total. The molecule has 0 spiro atoms. The molecule has 1 rings (SSSR count). The van der Waals surface area contributed by atoms with Crippen molar-refractivity contribution in [2.75, 3.05) is 33.0 Å². The van der Waals surface area contributed by atoms with E-state index in [0.29, 0.717) is 19.3 Å². The van der Waals surface area contributed by atoms with Gasteiger partial charge in [0.1, 0.15) is 6.10 Å². The maximum Gasteiger partial charge on any atom is 0.501 e. The Morgan fingerprint density at radius 3 is 2.23 bits per heavy atom. The molecule has 1 aliphatic rings. The zero-order chi connectivity index (χ0) is 19.1. The van der Waals surface area contributed by atoms with Gasteiger partial charge in [0.2, 0.25) is 0 Å². The van der Waals surface area contributed by atoms with Crippen molar-refractivity contribution < 1.29 is 22.8 Å². The molecule has 6 heteroatoms. The molecule has 1 heterocycles. The maximum absolute atomic E-state index is 6.40. The fourth-order valence-corrected chi connectivity index (χ4v) is 6.01. The van der Waals surface area contributed by atoms with E-state index in [4.69, 9.17) is 22.8 Å². The monoisotopic (exact) mass is 390 g/mol. The van der Waals surface area contributed by atoms with Gasteiger partial charge in [-0.3, -0.25) is 0 Å². The quantitative estimate of drug-likeness (QED) is 0.177. The van der Waals surface area contributed by atoms with E-state index in [-0.39, 0.29) is 6.10 Å². The molecular weight excluding hydrogens is 348 g/mol. The number of rotatable bonds is 19. The average molecular weight is 391 g/mol. The molecule has 0 saturated carbocycles. The number of unbranched alkanes of at least 4 members (excludes halogenated alkanes) is 5. The molecular formula is C20H42O5Si. The van der Waals surface area contributed by atoms with Gasteiger partial charge in [-0.1, -0.05) is 39.0 Å². The van der Waals surface area contributed by atoms with Crippen LogP contribution in [0.2, 0.25) is 6.04 Å². The van der Waals surface area contributed by atoms with Crippen molar-refractivity contribution in [1.82, 2.24) is 0 Å². The molecule has 0 aromatic carbocycles. The first-order valence-corrected chi connectivity index (χ1v) is 12.7. The van der Waals surface area contributed by atoms with Crippen LogP contribution in [0.15, 0.2) is 0 Å². The van der Waals surface area contributed by atoms with Crippen molar-refractivity contribution in [3.63, 3.8) is 0 Å². The molecule has 1 aliphatic heterocycles. The standard InChI is InChI=1S/C20H42O5Si/c1-5-8-9-10-11-12-16-26(23-6-2,24-7-3)25-19(4)14-13-15-21-17-20-18-22-20/h19-20H,5-18H2,1-4H3. The number of epoxide rings is 1. The van der Waals surface area contributed by atoms with Crippen molar-refractivity contribution in [2.45, 2.75) is 97.3 Å². The lowest BCUT2D eigenvalue weighted by molar-refractivity contribution is 0.0299. The van der Waals surface area contributed by atoms with Gasteiger partial charge in [-0.25, -0.2) is 0 Å². The van der Waals surface area contributed by atoms with Crippen LogP contribution in [0.1, 0.15) is 79.1 Å². The van der Waals surface area contributed by atoms with Crippen LogP contribution in [0.3, 0.4) is 0 Å². The molecule has 26 heavy (non-hydrogen) atoms. The molecule has 156 valence electrons. The van der Waals surface area contributed by atoms with Crippen LogP contribution in [0, 0.1) is 0 Å². The lowest BCUT2D eigenvalue weighted by Gasteiger charge is -2.32. The summed E-state index contributed by atoms with van der Waals surface area (Å²) in [6.45, 7) is 12.1. The molecule has 0 aromatic heterocycles. The summed E-state index contributed by atoms with van der Waals surface area (Å²) in [6.07, 6.45) is 10.1. The Morgan fingerprint density at radius 1 is 0.962 bits per heavy atom. The smallest absolute Gasteiger partial charge is 0.379 e. The van der Waals surface area contributed by atoms with Crippen molar-refractivity contribution in [2.24, 2.45) is 0 Å². The fraction of sp³-hybridized carbons (Fsp3) is 1.00. The number of hydrogen-bond acceptors (Lipinski definition) is 5. The third kappa shape index (κ3) is 11.7. The van der Waals surface area contributed by atoms with Crippen LogP contribution in [0.5, 0.6) is 0 Å². The lowest BCUT2D eigenvalue weighted by Crippen LogP contribution is -2.48. The minimum absolute atomic E-state index is 0.139. The normalized spacial score (nSPS) is 18.2. The summed E-state index contributed by atoms with van der Waals surface area (Å²) in [7, 11) is -2.56. The van der Waals surface area contributed by atoms with Crippen LogP contribution < -0.4 is 0 Å². The van der Waals surface area contributed by atoms with E-state index < -0.39 is 8.80 Å². The van der Waals surface area contributed by atoms with E-state index in [0.717, 1.165) is 45.1 Å². The Balaban J connectivity index is 2.30. The molecule has 1 saturated heterocycles. The van der Waals surface area contributed by atoms with E-state index >= 15 is 0 Å². The molecule has 1 fully saturated rings. The van der Waals surface area contributed by atoms with Crippen molar-refractivity contribution in [3.8, 4) is 0 Å². The Bertz CT molecular complexity index is 319. The molecule has 2 unspecified atom stereocenters. The second-order valence-electron chi connectivity index (χ2n) is 7.17. The minimum Gasteiger partial charge on any atom is -0.379 e. The highest BCUT2D eigenvalue weighted by Crippen LogP contribution is 2.23. The number of ether oxygens (including phenoxy) is 2. The SMILES string of the molecule is CCCCCCCC[Si](OCC)(OCC)OC(C)CCCOCC1CO1. The third-order valence-corrected chi connectivity index (χ3v) is 7.74. The zero-order valence-electron chi connectivity index (χ0n) is 17.6. The van der Waals surface area contributed by atoms with E-state index in [1.54, 1.807) is 0 Å². The molecule has 0 aromatic rings. The summed E-state index contributed by atoms with van der Waals surface area (Å²) in [6, 6.07) is 0.931. The summed E-state index contributed by atoms with van der Waals surface area (Å²) < 4.78 is 29.3. The largest absolute Gasteiger partial charge is 0.501 e. The Labute approximate surface area is 162 Å². The lowest BCUT2D eigenvalue weighted by atomic mass is 10.1. The highest BCUT2D eigenvalue weighted by Gasteiger charge is 2.41. The first-order chi connectivity index (χ1) is 12.7. The van der Waals surface area contributed by atoms with Gasteiger partial charge in [0.05, 0.1) is 13.2 Å². The fourth-order valence-electron chi connectivity index (χ4n) is 3.09. The molecule has 0 radical (unpaired) electrons. The molecule has 0 bridgehead atoms. The van der Waals surface area contributed by atoms with Crippen LogP contribution >= 0.6 is 0 Å². The van der Waals surface area contributed by atoms with Gasteiger partial charge < -0.3 is 22.8 Å². The Morgan fingerprint density at radius 2 is 1.62 bits per heavy atom. The van der Waals surface area contributed by atoms with Gasteiger partial charge in [-0.05, 0) is 40.0 Å². The van der Waals surface area contributed by atoms with Crippen LogP contribution in [-0.4, -0.2) is 54.0 Å². The summed E-state index contributed by atoms with van der Waals surface area (Å²) in [4.78, 5) is 0. The molecule has 0 aliphatic carbocycles. The van der Waals surface area contributed by atoms with E-state index in [1.807, 2.05) is 13.8 Å². The predicted octanol–water partition coefficient (Wildman–Crippen LogP) is 4.96. The first kappa shape index (κ1) is 24.1. The summed E-state index contributed by atoms with van der Waals surface area (Å²) in [5.41, 5.74) is 0.